The predicted molar refractivity (Wildman–Crippen MR) is 56.0 cm³/mol. The van der Waals surface area contributed by atoms with Crippen LogP contribution in [-0.2, 0) is 0 Å². The van der Waals surface area contributed by atoms with Crippen molar-refractivity contribution in [3.63, 3.8) is 0 Å². The van der Waals surface area contributed by atoms with Gasteiger partial charge in [-0.15, -0.1) is 0 Å². The van der Waals surface area contributed by atoms with E-state index in [-0.39, 0.29) is 5.56 Å². The van der Waals surface area contributed by atoms with E-state index >= 15 is 0 Å². The van der Waals surface area contributed by atoms with Gasteiger partial charge >= 0.3 is 5.97 Å². The Hall–Kier alpha value is -1.97. The molecule has 0 atom stereocenters. The lowest BCUT2D eigenvalue weighted by Crippen LogP contribution is -1.98. The van der Waals surface area contributed by atoms with Crippen LogP contribution in [0.1, 0.15) is 21.9 Å². The van der Waals surface area contributed by atoms with Crippen molar-refractivity contribution >= 4 is 16.9 Å². The number of rotatable bonds is 1. The van der Waals surface area contributed by atoms with Gasteiger partial charge < -0.3 is 5.11 Å². The third-order valence-corrected chi connectivity index (χ3v) is 2.25. The summed E-state index contributed by atoms with van der Waals surface area (Å²) in [4.78, 5) is 19.2. The number of carboxylic acid groups (broad SMARTS) is 1. The van der Waals surface area contributed by atoms with Gasteiger partial charge in [0.25, 0.3) is 0 Å². The van der Waals surface area contributed by atoms with Crippen LogP contribution in [0.2, 0.25) is 0 Å². The van der Waals surface area contributed by atoms with E-state index in [0.717, 1.165) is 11.1 Å². The van der Waals surface area contributed by atoms with Gasteiger partial charge in [0.1, 0.15) is 5.82 Å². The van der Waals surface area contributed by atoms with E-state index < -0.39 is 5.97 Å². The summed E-state index contributed by atoms with van der Waals surface area (Å²) in [5.74, 6) is -0.284. The fourth-order valence-corrected chi connectivity index (χ4v) is 1.57. The zero-order valence-corrected chi connectivity index (χ0v) is 8.48. The molecule has 0 aliphatic rings. The summed E-state index contributed by atoms with van der Waals surface area (Å²) >= 11 is 0. The largest absolute Gasteiger partial charge is 0.478 e. The van der Waals surface area contributed by atoms with Crippen LogP contribution in [0.3, 0.4) is 0 Å². The highest BCUT2D eigenvalue weighted by molar-refractivity contribution is 5.93. The highest BCUT2D eigenvalue weighted by Crippen LogP contribution is 2.16. The molecule has 0 spiro atoms. The van der Waals surface area contributed by atoms with Crippen LogP contribution in [0.4, 0.5) is 0 Å². The minimum absolute atomic E-state index is 0.250. The molecule has 0 unspecified atom stereocenters. The third kappa shape index (κ3) is 1.66. The number of nitrogens with zero attached hydrogens (tertiary/aromatic N) is 2. The first kappa shape index (κ1) is 9.58. The second kappa shape index (κ2) is 3.31. The number of carboxylic acids is 1. The highest BCUT2D eigenvalue weighted by Gasteiger charge is 2.06. The number of hydrogen-bond donors (Lipinski definition) is 1. The Kier molecular flexibility index (Phi) is 2.11. The first-order chi connectivity index (χ1) is 7.08. The van der Waals surface area contributed by atoms with Gasteiger partial charge in [-0.25, -0.2) is 14.8 Å². The Balaban J connectivity index is 2.76. The summed E-state index contributed by atoms with van der Waals surface area (Å²) in [6.07, 6.45) is 0. The second-order valence-corrected chi connectivity index (χ2v) is 3.39. The number of aromatic nitrogens is 2. The molecule has 1 aromatic heterocycles. The van der Waals surface area contributed by atoms with Crippen LogP contribution in [0.25, 0.3) is 10.9 Å². The van der Waals surface area contributed by atoms with Crippen LogP contribution < -0.4 is 0 Å². The maximum atomic E-state index is 10.8. The first-order valence-corrected chi connectivity index (χ1v) is 4.56. The molecular formula is C11H10N2O2. The molecule has 15 heavy (non-hydrogen) atoms. The fraction of sp³-hybridized carbons (Fsp3) is 0.182. The van der Waals surface area contributed by atoms with Crippen molar-refractivity contribution in [2.75, 3.05) is 0 Å². The van der Waals surface area contributed by atoms with Crippen LogP contribution in [0.15, 0.2) is 18.2 Å². The van der Waals surface area contributed by atoms with E-state index in [0.29, 0.717) is 11.3 Å². The molecule has 4 nitrogen and oxygen atoms in total. The van der Waals surface area contributed by atoms with Gasteiger partial charge in [-0.2, -0.15) is 0 Å². The molecule has 0 amide bonds. The summed E-state index contributed by atoms with van der Waals surface area (Å²) in [6.45, 7) is 3.68. The van der Waals surface area contributed by atoms with E-state index in [4.69, 9.17) is 5.11 Å². The summed E-state index contributed by atoms with van der Waals surface area (Å²) < 4.78 is 0. The lowest BCUT2D eigenvalue weighted by atomic mass is 10.1. The van der Waals surface area contributed by atoms with E-state index in [1.165, 1.54) is 0 Å². The zero-order valence-electron chi connectivity index (χ0n) is 8.48. The van der Waals surface area contributed by atoms with Crippen molar-refractivity contribution in [3.8, 4) is 0 Å². The molecule has 0 saturated heterocycles. The Labute approximate surface area is 86.6 Å². The van der Waals surface area contributed by atoms with Crippen LogP contribution >= 0.6 is 0 Å². The van der Waals surface area contributed by atoms with E-state index in [2.05, 4.69) is 9.97 Å². The first-order valence-electron chi connectivity index (χ1n) is 4.56. The van der Waals surface area contributed by atoms with Crippen molar-refractivity contribution in [2.45, 2.75) is 13.8 Å². The summed E-state index contributed by atoms with van der Waals surface area (Å²) in [5.41, 5.74) is 1.80. The van der Waals surface area contributed by atoms with Gasteiger partial charge in [0.15, 0.2) is 0 Å². The van der Waals surface area contributed by atoms with Crippen LogP contribution in [-0.4, -0.2) is 21.0 Å². The smallest absolute Gasteiger partial charge is 0.335 e. The monoisotopic (exact) mass is 202 g/mol. The average molecular weight is 202 g/mol. The van der Waals surface area contributed by atoms with E-state index in [1.807, 2.05) is 6.92 Å². The molecule has 1 aromatic carbocycles. The molecule has 1 N–H and O–H groups in total. The molecule has 0 radical (unpaired) electrons. The second-order valence-electron chi connectivity index (χ2n) is 3.39. The van der Waals surface area contributed by atoms with Gasteiger partial charge in [0.05, 0.1) is 11.1 Å². The molecule has 0 aliphatic carbocycles. The molecular weight excluding hydrogens is 192 g/mol. The van der Waals surface area contributed by atoms with Gasteiger partial charge in [-0.3, -0.25) is 0 Å². The topological polar surface area (TPSA) is 63.1 Å². The summed E-state index contributed by atoms with van der Waals surface area (Å²) in [6, 6.07) is 4.88. The molecule has 1 heterocycles. The molecule has 0 saturated carbocycles. The normalized spacial score (nSPS) is 10.5. The molecule has 0 bridgehead atoms. The van der Waals surface area contributed by atoms with Crippen LogP contribution in [0.5, 0.6) is 0 Å². The molecule has 0 fully saturated rings. The maximum absolute atomic E-state index is 10.8. The van der Waals surface area contributed by atoms with Gasteiger partial charge in [-0.05, 0) is 26.0 Å². The third-order valence-electron chi connectivity index (χ3n) is 2.25. The lowest BCUT2D eigenvalue weighted by Gasteiger charge is -2.03. The Morgan fingerprint density at radius 1 is 1.27 bits per heavy atom. The van der Waals surface area contributed by atoms with Crippen molar-refractivity contribution < 1.29 is 9.90 Å². The van der Waals surface area contributed by atoms with Crippen molar-refractivity contribution in [2.24, 2.45) is 0 Å². The average Bonchev–Trinajstić information content (AvgIpc) is 2.16. The standard InChI is InChI=1S/C11H10N2O2/c1-6-9-4-3-8(11(14)15)5-10(9)13-7(2)12-6/h3-5H,1-2H3,(H,14,15). The number of fused-ring (bicyclic) bond motifs is 1. The van der Waals surface area contributed by atoms with Crippen molar-refractivity contribution in [1.82, 2.24) is 9.97 Å². The van der Waals surface area contributed by atoms with Gasteiger partial charge in [0.2, 0.25) is 0 Å². The highest BCUT2D eigenvalue weighted by atomic mass is 16.4. The maximum Gasteiger partial charge on any atom is 0.335 e. The fourth-order valence-electron chi connectivity index (χ4n) is 1.57. The van der Waals surface area contributed by atoms with Gasteiger partial charge in [0, 0.05) is 11.1 Å². The number of benzene rings is 1. The van der Waals surface area contributed by atoms with Gasteiger partial charge in [-0.1, -0.05) is 6.07 Å². The molecule has 2 aromatic rings. The SMILES string of the molecule is Cc1nc(C)c2ccc(C(=O)O)cc2n1. The molecule has 76 valence electrons. The Morgan fingerprint density at radius 3 is 2.67 bits per heavy atom. The minimum atomic E-state index is -0.939. The minimum Gasteiger partial charge on any atom is -0.478 e. The quantitative estimate of drug-likeness (QED) is 0.767. The van der Waals surface area contributed by atoms with Crippen molar-refractivity contribution in [1.29, 1.82) is 0 Å². The number of carbonyl (C=O) groups is 1. The number of hydrogen-bond acceptors (Lipinski definition) is 3. The van der Waals surface area contributed by atoms with Crippen molar-refractivity contribution in [3.05, 3.63) is 35.3 Å². The molecule has 2 rings (SSSR count). The number of aryl methyl sites for hydroxylation is 2. The predicted octanol–water partition coefficient (Wildman–Crippen LogP) is 1.94. The van der Waals surface area contributed by atoms with E-state index in [9.17, 15) is 4.79 Å². The van der Waals surface area contributed by atoms with E-state index in [1.54, 1.807) is 25.1 Å². The molecule has 4 heteroatoms. The van der Waals surface area contributed by atoms with Crippen LogP contribution in [0, 0.1) is 13.8 Å². The lowest BCUT2D eigenvalue weighted by molar-refractivity contribution is 0.0697. The molecule has 0 aliphatic heterocycles. The summed E-state index contributed by atoms with van der Waals surface area (Å²) in [5, 5.41) is 9.73. The zero-order chi connectivity index (χ0) is 11.0. The Bertz CT molecular complexity index is 550. The Morgan fingerprint density at radius 2 is 2.00 bits per heavy atom. The number of aromatic carboxylic acids is 1. The summed E-state index contributed by atoms with van der Waals surface area (Å²) in [7, 11) is 0.